The van der Waals surface area contributed by atoms with Crippen molar-refractivity contribution < 1.29 is 14.3 Å². The number of ether oxygens (including phenoxy) is 2. The number of carbonyl (C=O) groups excluding carboxylic acids is 1. The molecule has 6 heteroatoms. The molecule has 1 atom stereocenters. The molecule has 26 heavy (non-hydrogen) atoms. The van der Waals surface area contributed by atoms with Gasteiger partial charge in [-0.05, 0) is 25.0 Å². The summed E-state index contributed by atoms with van der Waals surface area (Å²) in [6.45, 7) is 4.90. The van der Waals surface area contributed by atoms with E-state index >= 15 is 0 Å². The van der Waals surface area contributed by atoms with Gasteiger partial charge in [-0.25, -0.2) is 4.79 Å². The smallest absolute Gasteiger partial charge is 0.323 e. The van der Waals surface area contributed by atoms with Gasteiger partial charge in [0.15, 0.2) is 0 Å². The number of rotatable bonds is 4. The van der Waals surface area contributed by atoms with Crippen molar-refractivity contribution in [3.05, 3.63) is 53.1 Å². The maximum absolute atomic E-state index is 12.9. The van der Waals surface area contributed by atoms with Gasteiger partial charge in [-0.1, -0.05) is 23.8 Å². The first-order valence-electron chi connectivity index (χ1n) is 8.51. The van der Waals surface area contributed by atoms with Crippen LogP contribution in [-0.2, 0) is 0 Å². The Labute approximate surface area is 158 Å². The van der Waals surface area contributed by atoms with Crippen LogP contribution < -0.4 is 14.8 Å². The van der Waals surface area contributed by atoms with Gasteiger partial charge in [0.2, 0.25) is 0 Å². The molecule has 2 aromatic carbocycles. The third-order valence-electron chi connectivity index (χ3n) is 4.45. The van der Waals surface area contributed by atoms with E-state index in [1.54, 1.807) is 44.2 Å². The maximum Gasteiger partial charge on any atom is 0.323 e. The fourth-order valence-corrected chi connectivity index (χ4v) is 4.46. The number of hydrogen-bond acceptors (Lipinski definition) is 4. The first-order chi connectivity index (χ1) is 12.5. The molecule has 0 bridgehead atoms. The van der Waals surface area contributed by atoms with E-state index in [0.717, 1.165) is 12.3 Å². The van der Waals surface area contributed by atoms with Gasteiger partial charge in [0, 0.05) is 36.2 Å². The third kappa shape index (κ3) is 3.90. The zero-order chi connectivity index (χ0) is 18.7. The van der Waals surface area contributed by atoms with E-state index in [4.69, 9.17) is 9.47 Å². The molecule has 1 saturated heterocycles. The summed E-state index contributed by atoms with van der Waals surface area (Å²) in [4.78, 5) is 14.8. The third-order valence-corrected chi connectivity index (χ3v) is 5.69. The average Bonchev–Trinajstić information content (AvgIpc) is 3.10. The van der Waals surface area contributed by atoms with Crippen molar-refractivity contribution in [2.45, 2.75) is 19.2 Å². The SMILES string of the molecule is COc1cc(NC(=O)N2CCS[C@@H]2c2ccc(C)cc2C)cc(OC)c1. The highest BCUT2D eigenvalue weighted by Gasteiger charge is 2.31. The Morgan fingerprint density at radius 3 is 2.42 bits per heavy atom. The molecule has 1 heterocycles. The lowest BCUT2D eigenvalue weighted by Gasteiger charge is -2.26. The van der Waals surface area contributed by atoms with E-state index in [2.05, 4.69) is 37.4 Å². The number of aryl methyl sites for hydroxylation is 2. The van der Waals surface area contributed by atoms with Crippen LogP contribution in [0.3, 0.4) is 0 Å². The quantitative estimate of drug-likeness (QED) is 0.852. The predicted molar refractivity (Wildman–Crippen MR) is 106 cm³/mol. The predicted octanol–water partition coefficient (Wildman–Crippen LogP) is 4.60. The minimum absolute atomic E-state index is 0.0307. The molecule has 0 spiro atoms. The van der Waals surface area contributed by atoms with Crippen LogP contribution in [0.15, 0.2) is 36.4 Å². The lowest BCUT2D eigenvalue weighted by atomic mass is 10.1. The van der Waals surface area contributed by atoms with Gasteiger partial charge < -0.3 is 19.7 Å². The Kier molecular flexibility index (Phi) is 5.61. The van der Waals surface area contributed by atoms with Gasteiger partial charge >= 0.3 is 6.03 Å². The van der Waals surface area contributed by atoms with Crippen LogP contribution in [-0.4, -0.2) is 37.4 Å². The molecule has 138 valence electrons. The largest absolute Gasteiger partial charge is 0.497 e. The summed E-state index contributed by atoms with van der Waals surface area (Å²) in [6, 6.07) is 11.6. The van der Waals surface area contributed by atoms with Crippen LogP contribution in [0, 0.1) is 13.8 Å². The normalized spacial score (nSPS) is 16.5. The van der Waals surface area contributed by atoms with Crippen molar-refractivity contribution in [3.63, 3.8) is 0 Å². The Morgan fingerprint density at radius 2 is 1.81 bits per heavy atom. The van der Waals surface area contributed by atoms with Gasteiger partial charge in [0.25, 0.3) is 0 Å². The summed E-state index contributed by atoms with van der Waals surface area (Å²) in [5.41, 5.74) is 4.29. The molecule has 1 fully saturated rings. The Bertz CT molecular complexity index is 787. The standard InChI is InChI=1S/C20H24N2O3S/c1-13-5-6-18(14(2)9-13)19-22(7-8-26-19)20(23)21-15-10-16(24-3)12-17(11-15)25-4/h5-6,9-12,19H,7-8H2,1-4H3,(H,21,23)/t19-/m1/s1. The Morgan fingerprint density at radius 1 is 1.12 bits per heavy atom. The molecule has 0 aromatic heterocycles. The number of nitrogens with zero attached hydrogens (tertiary/aromatic N) is 1. The fourth-order valence-electron chi connectivity index (χ4n) is 3.11. The molecule has 0 saturated carbocycles. The van der Waals surface area contributed by atoms with E-state index < -0.39 is 0 Å². The van der Waals surface area contributed by atoms with E-state index in [0.29, 0.717) is 17.2 Å². The monoisotopic (exact) mass is 372 g/mol. The zero-order valence-corrected chi connectivity index (χ0v) is 16.4. The molecule has 2 aromatic rings. The second-order valence-corrected chi connectivity index (χ2v) is 7.50. The molecular weight excluding hydrogens is 348 g/mol. The number of benzene rings is 2. The Hall–Kier alpha value is -2.34. The van der Waals surface area contributed by atoms with Crippen LogP contribution >= 0.6 is 11.8 Å². The minimum Gasteiger partial charge on any atom is -0.497 e. The van der Waals surface area contributed by atoms with Gasteiger partial charge in [-0.15, -0.1) is 11.8 Å². The highest BCUT2D eigenvalue weighted by atomic mass is 32.2. The van der Waals surface area contributed by atoms with Crippen LogP contribution in [0.4, 0.5) is 10.5 Å². The van der Waals surface area contributed by atoms with E-state index in [-0.39, 0.29) is 11.4 Å². The number of nitrogens with one attached hydrogen (secondary N) is 1. The summed E-state index contributed by atoms with van der Waals surface area (Å²) in [7, 11) is 3.18. The van der Waals surface area contributed by atoms with Gasteiger partial charge in [0.05, 0.1) is 14.2 Å². The zero-order valence-electron chi connectivity index (χ0n) is 15.5. The van der Waals surface area contributed by atoms with Crippen molar-refractivity contribution >= 4 is 23.5 Å². The van der Waals surface area contributed by atoms with Crippen molar-refractivity contribution in [3.8, 4) is 11.5 Å². The van der Waals surface area contributed by atoms with Crippen molar-refractivity contribution in [2.75, 3.05) is 31.8 Å². The Balaban J connectivity index is 1.80. The lowest BCUT2D eigenvalue weighted by Crippen LogP contribution is -2.34. The number of anilines is 1. The molecule has 2 amide bonds. The van der Waals surface area contributed by atoms with Crippen LogP contribution in [0.2, 0.25) is 0 Å². The highest BCUT2D eigenvalue weighted by molar-refractivity contribution is 7.99. The van der Waals surface area contributed by atoms with Crippen molar-refractivity contribution in [1.29, 1.82) is 0 Å². The number of urea groups is 1. The molecular formula is C20H24N2O3S. The molecule has 5 nitrogen and oxygen atoms in total. The molecule has 1 aliphatic rings. The first-order valence-corrected chi connectivity index (χ1v) is 9.56. The van der Waals surface area contributed by atoms with Gasteiger partial charge in [-0.2, -0.15) is 0 Å². The number of methoxy groups -OCH3 is 2. The van der Waals surface area contributed by atoms with Crippen molar-refractivity contribution in [1.82, 2.24) is 4.90 Å². The first kappa shape index (κ1) is 18.5. The van der Waals surface area contributed by atoms with E-state index in [1.807, 2.05) is 4.90 Å². The summed E-state index contributed by atoms with van der Waals surface area (Å²) in [5.74, 6) is 2.20. The van der Waals surface area contributed by atoms with Crippen LogP contribution in [0.1, 0.15) is 22.1 Å². The molecule has 1 aliphatic heterocycles. The summed E-state index contributed by atoms with van der Waals surface area (Å²) >= 11 is 1.79. The van der Waals surface area contributed by atoms with E-state index in [1.165, 1.54) is 16.7 Å². The number of carbonyl (C=O) groups is 1. The molecule has 0 radical (unpaired) electrons. The summed E-state index contributed by atoms with van der Waals surface area (Å²) in [5, 5.41) is 3.01. The number of thioether (sulfide) groups is 1. The average molecular weight is 372 g/mol. The topological polar surface area (TPSA) is 50.8 Å². The van der Waals surface area contributed by atoms with Gasteiger partial charge in [0.1, 0.15) is 16.9 Å². The van der Waals surface area contributed by atoms with Crippen molar-refractivity contribution in [2.24, 2.45) is 0 Å². The molecule has 1 N–H and O–H groups in total. The molecule has 3 rings (SSSR count). The van der Waals surface area contributed by atoms with Crippen LogP contribution in [0.5, 0.6) is 11.5 Å². The molecule has 0 unspecified atom stereocenters. The maximum atomic E-state index is 12.9. The second-order valence-electron chi connectivity index (χ2n) is 6.31. The summed E-state index contributed by atoms with van der Waals surface area (Å²) < 4.78 is 10.5. The van der Waals surface area contributed by atoms with E-state index in [9.17, 15) is 4.79 Å². The lowest BCUT2D eigenvalue weighted by molar-refractivity contribution is 0.214. The number of hydrogen-bond donors (Lipinski definition) is 1. The summed E-state index contributed by atoms with van der Waals surface area (Å²) in [6.07, 6.45) is 0. The fraction of sp³-hybridized carbons (Fsp3) is 0.350. The number of amides is 2. The molecule has 0 aliphatic carbocycles. The van der Waals surface area contributed by atoms with Crippen LogP contribution in [0.25, 0.3) is 0 Å². The minimum atomic E-state index is -0.115. The highest BCUT2D eigenvalue weighted by Crippen LogP contribution is 2.40. The second kappa shape index (κ2) is 7.91. The van der Waals surface area contributed by atoms with Gasteiger partial charge in [-0.3, -0.25) is 0 Å².